The number of nitrogens with one attached hydrogen (secondary N) is 2. The highest BCUT2D eigenvalue weighted by Gasteiger charge is 2.06. The Hall–Kier alpha value is -2.28. The van der Waals surface area contributed by atoms with Crippen molar-refractivity contribution in [3.8, 4) is 11.5 Å². The van der Waals surface area contributed by atoms with Crippen LogP contribution in [0.25, 0.3) is 0 Å². The third-order valence-corrected chi connectivity index (χ3v) is 2.76. The molecule has 0 saturated carbocycles. The molecule has 1 aromatic carbocycles. The second kappa shape index (κ2) is 9.62. The molecule has 7 heteroatoms. The second-order valence-corrected chi connectivity index (χ2v) is 4.89. The Morgan fingerprint density at radius 3 is 2.27 bits per heavy atom. The highest BCUT2D eigenvalue weighted by atomic mass is 16.5. The normalized spacial score (nSPS) is 10.2. The minimum Gasteiger partial charge on any atom is -0.497 e. The fourth-order valence-electron chi connectivity index (χ4n) is 1.53. The number of benzene rings is 1. The molecular weight excluding hydrogens is 286 g/mol. The lowest BCUT2D eigenvalue weighted by Crippen LogP contribution is -2.40. The van der Waals surface area contributed by atoms with E-state index in [9.17, 15) is 9.59 Å². The van der Waals surface area contributed by atoms with Crippen LogP contribution < -0.4 is 20.1 Å². The van der Waals surface area contributed by atoms with Gasteiger partial charge in [-0.05, 0) is 38.4 Å². The zero-order valence-electron chi connectivity index (χ0n) is 13.2. The molecule has 2 N–H and O–H groups in total. The molecule has 0 spiro atoms. The summed E-state index contributed by atoms with van der Waals surface area (Å²) in [4.78, 5) is 25.0. The minimum atomic E-state index is -0.349. The van der Waals surface area contributed by atoms with Crippen LogP contribution in [0.2, 0.25) is 0 Å². The Bertz CT molecular complexity index is 474. The van der Waals surface area contributed by atoms with Crippen LogP contribution in [-0.2, 0) is 9.59 Å². The molecule has 122 valence electrons. The summed E-state index contributed by atoms with van der Waals surface area (Å²) < 4.78 is 10.3. The number of nitrogens with zero attached hydrogens (tertiary/aromatic N) is 1. The van der Waals surface area contributed by atoms with Crippen LogP contribution in [0.3, 0.4) is 0 Å². The van der Waals surface area contributed by atoms with Crippen LogP contribution in [0.15, 0.2) is 24.3 Å². The van der Waals surface area contributed by atoms with Crippen LogP contribution in [0.1, 0.15) is 0 Å². The molecule has 0 unspecified atom stereocenters. The highest BCUT2D eigenvalue weighted by molar-refractivity contribution is 5.85. The minimum absolute atomic E-state index is 0.0573. The molecule has 0 fully saturated rings. The Kier molecular flexibility index (Phi) is 7.77. The van der Waals surface area contributed by atoms with E-state index < -0.39 is 0 Å². The van der Waals surface area contributed by atoms with E-state index in [-0.39, 0.29) is 25.0 Å². The van der Waals surface area contributed by atoms with Crippen LogP contribution in [-0.4, -0.2) is 64.2 Å². The summed E-state index contributed by atoms with van der Waals surface area (Å²) in [5, 5.41) is 5.20. The van der Waals surface area contributed by atoms with E-state index in [1.807, 2.05) is 19.0 Å². The maximum absolute atomic E-state index is 11.6. The van der Waals surface area contributed by atoms with E-state index in [0.29, 0.717) is 18.0 Å². The quantitative estimate of drug-likeness (QED) is 0.664. The van der Waals surface area contributed by atoms with E-state index in [4.69, 9.17) is 9.47 Å². The first-order valence-electron chi connectivity index (χ1n) is 6.96. The molecule has 22 heavy (non-hydrogen) atoms. The first-order valence-corrected chi connectivity index (χ1v) is 6.96. The van der Waals surface area contributed by atoms with Gasteiger partial charge in [-0.1, -0.05) is 0 Å². The van der Waals surface area contributed by atoms with Crippen LogP contribution in [0.4, 0.5) is 0 Å². The van der Waals surface area contributed by atoms with Crippen molar-refractivity contribution in [3.05, 3.63) is 24.3 Å². The van der Waals surface area contributed by atoms with Crippen molar-refractivity contribution < 1.29 is 19.1 Å². The van der Waals surface area contributed by atoms with Crippen molar-refractivity contribution in [3.63, 3.8) is 0 Å². The highest BCUT2D eigenvalue weighted by Crippen LogP contribution is 2.16. The van der Waals surface area contributed by atoms with Gasteiger partial charge in [-0.25, -0.2) is 0 Å². The summed E-state index contributed by atoms with van der Waals surface area (Å²) in [6, 6.07) is 6.90. The number of carbonyl (C=O) groups excluding carboxylic acids is 2. The lowest BCUT2D eigenvalue weighted by atomic mass is 10.3. The van der Waals surface area contributed by atoms with Crippen molar-refractivity contribution in [2.75, 3.05) is 47.4 Å². The van der Waals surface area contributed by atoms with Gasteiger partial charge in [0.1, 0.15) is 11.5 Å². The summed E-state index contributed by atoms with van der Waals surface area (Å²) in [7, 11) is 5.42. The molecule has 0 radical (unpaired) electrons. The fraction of sp³-hybridized carbons (Fsp3) is 0.467. The van der Waals surface area contributed by atoms with Crippen molar-refractivity contribution in [2.45, 2.75) is 0 Å². The van der Waals surface area contributed by atoms with Gasteiger partial charge in [0, 0.05) is 13.1 Å². The molecule has 0 atom stereocenters. The van der Waals surface area contributed by atoms with E-state index in [2.05, 4.69) is 10.6 Å². The zero-order chi connectivity index (χ0) is 16.4. The topological polar surface area (TPSA) is 79.9 Å². The summed E-state index contributed by atoms with van der Waals surface area (Å²) in [6.45, 7) is 1.10. The van der Waals surface area contributed by atoms with Crippen LogP contribution >= 0.6 is 0 Å². The molecule has 2 amide bonds. The van der Waals surface area contributed by atoms with Crippen molar-refractivity contribution in [1.82, 2.24) is 15.5 Å². The summed E-state index contributed by atoms with van der Waals surface area (Å²) in [5.41, 5.74) is 0. The molecule has 7 nitrogen and oxygen atoms in total. The van der Waals surface area contributed by atoms with E-state index >= 15 is 0 Å². The van der Waals surface area contributed by atoms with Gasteiger partial charge in [0.2, 0.25) is 5.91 Å². The average molecular weight is 309 g/mol. The molecular formula is C15H23N3O4. The number of ether oxygens (including phenoxy) is 2. The molecule has 0 aliphatic rings. The number of rotatable bonds is 9. The lowest BCUT2D eigenvalue weighted by Gasteiger charge is -2.11. The largest absolute Gasteiger partial charge is 0.497 e. The molecule has 0 aliphatic heterocycles. The van der Waals surface area contributed by atoms with Gasteiger partial charge in [-0.2, -0.15) is 0 Å². The maximum atomic E-state index is 11.6. The van der Waals surface area contributed by atoms with Gasteiger partial charge in [0.25, 0.3) is 5.91 Å². The van der Waals surface area contributed by atoms with Gasteiger partial charge < -0.3 is 25.0 Å². The van der Waals surface area contributed by atoms with Gasteiger partial charge in [0.15, 0.2) is 6.61 Å². The first-order chi connectivity index (χ1) is 10.5. The number of carbonyl (C=O) groups is 2. The van der Waals surface area contributed by atoms with Crippen molar-refractivity contribution in [1.29, 1.82) is 0 Å². The molecule has 1 rings (SSSR count). The van der Waals surface area contributed by atoms with Gasteiger partial charge in [-0.3, -0.25) is 9.59 Å². The lowest BCUT2D eigenvalue weighted by molar-refractivity contribution is -0.127. The smallest absolute Gasteiger partial charge is 0.258 e. The van der Waals surface area contributed by atoms with Crippen molar-refractivity contribution >= 4 is 11.8 Å². The summed E-state index contributed by atoms with van der Waals surface area (Å²) >= 11 is 0. The number of hydrogen-bond acceptors (Lipinski definition) is 5. The number of amides is 2. The molecule has 0 aromatic heterocycles. The number of methoxy groups -OCH3 is 1. The summed E-state index contributed by atoms with van der Waals surface area (Å²) in [6.07, 6.45) is 0. The Morgan fingerprint density at radius 2 is 1.68 bits per heavy atom. The van der Waals surface area contributed by atoms with Crippen molar-refractivity contribution in [2.24, 2.45) is 0 Å². The number of hydrogen-bond donors (Lipinski definition) is 2. The molecule has 1 aromatic rings. The summed E-state index contributed by atoms with van der Waals surface area (Å²) in [5.74, 6) is 0.704. The van der Waals surface area contributed by atoms with Gasteiger partial charge >= 0.3 is 0 Å². The number of likely N-dealkylation sites (N-methyl/N-ethyl adjacent to an activating group) is 1. The Labute approximate surface area is 130 Å². The molecule has 0 aliphatic carbocycles. The molecule has 0 saturated heterocycles. The maximum Gasteiger partial charge on any atom is 0.258 e. The zero-order valence-corrected chi connectivity index (χ0v) is 13.2. The van der Waals surface area contributed by atoms with E-state index in [0.717, 1.165) is 6.54 Å². The van der Waals surface area contributed by atoms with E-state index in [1.54, 1.807) is 31.4 Å². The average Bonchev–Trinajstić information content (AvgIpc) is 2.51. The predicted molar refractivity (Wildman–Crippen MR) is 83.1 cm³/mol. The van der Waals surface area contributed by atoms with Crippen LogP contribution in [0, 0.1) is 0 Å². The van der Waals surface area contributed by atoms with Gasteiger partial charge in [0.05, 0.1) is 13.7 Å². The monoisotopic (exact) mass is 309 g/mol. The molecule has 0 bridgehead atoms. The fourth-order valence-corrected chi connectivity index (χ4v) is 1.53. The standard InChI is InChI=1S/C15H23N3O4/c1-18(2)9-8-16-14(19)10-17-15(20)11-22-13-6-4-12(21-3)5-7-13/h4-7H,8-11H2,1-3H3,(H,16,19)(H,17,20). The first kappa shape index (κ1) is 17.8. The predicted octanol–water partition coefficient (Wildman–Crippen LogP) is -0.132. The van der Waals surface area contributed by atoms with E-state index in [1.165, 1.54) is 0 Å². The second-order valence-electron chi connectivity index (χ2n) is 4.89. The SMILES string of the molecule is COc1ccc(OCC(=O)NCC(=O)NCCN(C)C)cc1. The molecule has 0 heterocycles. The van der Waals surface area contributed by atoms with Gasteiger partial charge in [-0.15, -0.1) is 0 Å². The Morgan fingerprint density at radius 1 is 1.05 bits per heavy atom. The Balaban J connectivity index is 2.18. The van der Waals surface area contributed by atoms with Crippen LogP contribution in [0.5, 0.6) is 11.5 Å². The third kappa shape index (κ3) is 7.49. The third-order valence-electron chi connectivity index (χ3n) is 2.76.